The van der Waals surface area contributed by atoms with Crippen molar-refractivity contribution in [3.63, 3.8) is 0 Å². The number of anilines is 1. The molecule has 0 atom stereocenters. The first-order valence-corrected chi connectivity index (χ1v) is 9.26. The zero-order valence-corrected chi connectivity index (χ0v) is 16.4. The first kappa shape index (κ1) is 21.0. The van der Waals surface area contributed by atoms with Gasteiger partial charge in [-0.05, 0) is 48.0 Å². The van der Waals surface area contributed by atoms with Gasteiger partial charge >= 0.3 is 11.8 Å². The number of benzene rings is 3. The SMILES string of the molecule is O=C(NN=Cc1ccc(OCc2ccccc2F)cc1)C(=O)Nc1ccccc1Cl. The Balaban J connectivity index is 1.49. The fourth-order valence-corrected chi connectivity index (χ4v) is 2.57. The highest BCUT2D eigenvalue weighted by molar-refractivity contribution is 6.41. The molecule has 2 amide bonds. The molecule has 0 spiro atoms. The zero-order chi connectivity index (χ0) is 21.3. The molecule has 0 aromatic heterocycles. The van der Waals surface area contributed by atoms with Gasteiger partial charge in [-0.15, -0.1) is 0 Å². The standard InChI is InChI=1S/C22H17ClFN3O3/c23-18-6-2-4-8-20(18)26-21(28)22(29)27-25-13-15-9-11-17(12-10-15)30-14-16-5-1-3-7-19(16)24/h1-13H,14H2,(H,26,28)(H,27,29). The smallest absolute Gasteiger partial charge is 0.329 e. The normalized spacial score (nSPS) is 10.6. The summed E-state index contributed by atoms with van der Waals surface area (Å²) < 4.78 is 19.1. The Morgan fingerprint density at radius 1 is 0.967 bits per heavy atom. The summed E-state index contributed by atoms with van der Waals surface area (Å²) in [6.07, 6.45) is 1.38. The van der Waals surface area contributed by atoms with Crippen molar-refractivity contribution < 1.29 is 18.7 Å². The van der Waals surface area contributed by atoms with Gasteiger partial charge in [-0.3, -0.25) is 9.59 Å². The van der Waals surface area contributed by atoms with E-state index in [2.05, 4.69) is 15.8 Å². The lowest BCUT2D eigenvalue weighted by atomic mass is 10.2. The molecule has 3 aromatic carbocycles. The lowest BCUT2D eigenvalue weighted by Gasteiger charge is -2.07. The maximum atomic E-state index is 13.6. The topological polar surface area (TPSA) is 79.8 Å². The number of ether oxygens (including phenoxy) is 1. The van der Waals surface area contributed by atoms with E-state index < -0.39 is 11.8 Å². The van der Waals surface area contributed by atoms with E-state index in [1.807, 2.05) is 0 Å². The molecule has 2 N–H and O–H groups in total. The molecule has 152 valence electrons. The van der Waals surface area contributed by atoms with Crippen LogP contribution < -0.4 is 15.5 Å². The molecule has 0 heterocycles. The molecule has 0 fully saturated rings. The molecular formula is C22H17ClFN3O3. The second kappa shape index (κ2) is 10.2. The van der Waals surface area contributed by atoms with Crippen molar-refractivity contribution >= 4 is 35.3 Å². The largest absolute Gasteiger partial charge is 0.489 e. The molecule has 0 saturated heterocycles. The van der Waals surface area contributed by atoms with Gasteiger partial charge in [0.2, 0.25) is 0 Å². The molecule has 0 saturated carbocycles. The fourth-order valence-electron chi connectivity index (χ4n) is 2.38. The summed E-state index contributed by atoms with van der Waals surface area (Å²) in [7, 11) is 0. The van der Waals surface area contributed by atoms with E-state index in [-0.39, 0.29) is 12.4 Å². The summed E-state index contributed by atoms with van der Waals surface area (Å²) in [4.78, 5) is 23.7. The molecule has 0 bridgehead atoms. The van der Waals surface area contributed by atoms with E-state index >= 15 is 0 Å². The van der Waals surface area contributed by atoms with Crippen LogP contribution in [0, 0.1) is 5.82 Å². The van der Waals surface area contributed by atoms with Crippen molar-refractivity contribution in [2.24, 2.45) is 5.10 Å². The summed E-state index contributed by atoms with van der Waals surface area (Å²) in [5, 5.41) is 6.47. The lowest BCUT2D eigenvalue weighted by molar-refractivity contribution is -0.136. The van der Waals surface area contributed by atoms with Gasteiger partial charge in [-0.2, -0.15) is 5.10 Å². The van der Waals surface area contributed by atoms with Crippen molar-refractivity contribution in [3.8, 4) is 5.75 Å². The molecule has 0 unspecified atom stereocenters. The van der Waals surface area contributed by atoms with Gasteiger partial charge in [-0.25, -0.2) is 9.82 Å². The highest BCUT2D eigenvalue weighted by Gasteiger charge is 2.14. The Hall–Kier alpha value is -3.71. The van der Waals surface area contributed by atoms with E-state index in [4.69, 9.17) is 16.3 Å². The van der Waals surface area contributed by atoms with Crippen LogP contribution in [0.1, 0.15) is 11.1 Å². The van der Waals surface area contributed by atoms with Gasteiger partial charge in [0.1, 0.15) is 18.2 Å². The molecule has 30 heavy (non-hydrogen) atoms. The van der Waals surface area contributed by atoms with E-state index in [9.17, 15) is 14.0 Å². The third kappa shape index (κ3) is 5.89. The predicted octanol–water partition coefficient (Wildman–Crippen LogP) is 4.15. The molecule has 3 aromatic rings. The number of nitrogens with one attached hydrogen (secondary N) is 2. The first-order valence-electron chi connectivity index (χ1n) is 8.88. The third-order valence-electron chi connectivity index (χ3n) is 3.94. The molecule has 6 nitrogen and oxygen atoms in total. The summed E-state index contributed by atoms with van der Waals surface area (Å²) in [5.41, 5.74) is 3.59. The number of nitrogens with zero attached hydrogens (tertiary/aromatic N) is 1. The average Bonchev–Trinajstić information content (AvgIpc) is 2.75. The summed E-state index contributed by atoms with van der Waals surface area (Å²) in [5.74, 6) is -1.60. The monoisotopic (exact) mass is 425 g/mol. The summed E-state index contributed by atoms with van der Waals surface area (Å²) in [6, 6.07) is 19.7. The van der Waals surface area contributed by atoms with Crippen molar-refractivity contribution in [1.82, 2.24) is 5.43 Å². The van der Waals surface area contributed by atoms with E-state index in [1.54, 1.807) is 66.7 Å². The van der Waals surface area contributed by atoms with E-state index in [1.165, 1.54) is 12.3 Å². The van der Waals surface area contributed by atoms with Crippen LogP contribution in [0.4, 0.5) is 10.1 Å². The maximum Gasteiger partial charge on any atom is 0.329 e. The second-order valence-corrected chi connectivity index (χ2v) is 6.49. The number of carbonyl (C=O) groups is 2. The van der Waals surface area contributed by atoms with E-state index in [0.717, 1.165) is 0 Å². The van der Waals surface area contributed by atoms with Crippen molar-refractivity contribution in [2.75, 3.05) is 5.32 Å². The van der Waals surface area contributed by atoms with Crippen LogP contribution in [0.25, 0.3) is 0 Å². The highest BCUT2D eigenvalue weighted by Crippen LogP contribution is 2.20. The van der Waals surface area contributed by atoms with Gasteiger partial charge in [0, 0.05) is 5.56 Å². The first-order chi connectivity index (χ1) is 14.5. The van der Waals surface area contributed by atoms with Crippen molar-refractivity contribution in [3.05, 3.63) is 94.8 Å². The van der Waals surface area contributed by atoms with Crippen LogP contribution in [0.15, 0.2) is 77.9 Å². The number of hydrogen-bond acceptors (Lipinski definition) is 4. The Labute approximate surface area is 177 Å². The number of hydrogen-bond donors (Lipinski definition) is 2. The van der Waals surface area contributed by atoms with Crippen LogP contribution in [0.2, 0.25) is 5.02 Å². The zero-order valence-electron chi connectivity index (χ0n) is 15.6. The molecular weight excluding hydrogens is 409 g/mol. The number of halogens is 2. The Morgan fingerprint density at radius 2 is 1.67 bits per heavy atom. The number of para-hydroxylation sites is 1. The third-order valence-corrected chi connectivity index (χ3v) is 4.27. The number of carbonyl (C=O) groups excluding carboxylic acids is 2. The predicted molar refractivity (Wildman–Crippen MR) is 113 cm³/mol. The van der Waals surface area contributed by atoms with Gasteiger partial charge in [0.05, 0.1) is 16.9 Å². The molecule has 0 radical (unpaired) electrons. The Bertz CT molecular complexity index is 1070. The minimum absolute atomic E-state index is 0.108. The van der Waals surface area contributed by atoms with Crippen molar-refractivity contribution in [1.29, 1.82) is 0 Å². The average molecular weight is 426 g/mol. The minimum Gasteiger partial charge on any atom is -0.489 e. The van der Waals surface area contributed by atoms with Gasteiger partial charge in [0.15, 0.2) is 0 Å². The molecule has 0 aliphatic carbocycles. The minimum atomic E-state index is -0.934. The summed E-state index contributed by atoms with van der Waals surface area (Å²) in [6.45, 7) is 0.108. The Kier molecular flexibility index (Phi) is 7.13. The van der Waals surface area contributed by atoms with Crippen LogP contribution in [-0.2, 0) is 16.2 Å². The number of hydrazone groups is 1. The van der Waals surface area contributed by atoms with Crippen LogP contribution in [0.5, 0.6) is 5.75 Å². The lowest BCUT2D eigenvalue weighted by Crippen LogP contribution is -2.32. The second-order valence-electron chi connectivity index (χ2n) is 6.08. The van der Waals surface area contributed by atoms with Gasteiger partial charge in [-0.1, -0.05) is 41.9 Å². The summed E-state index contributed by atoms with van der Waals surface area (Å²) >= 11 is 5.93. The van der Waals surface area contributed by atoms with E-state index in [0.29, 0.717) is 27.6 Å². The highest BCUT2D eigenvalue weighted by atomic mass is 35.5. The molecule has 0 aliphatic heterocycles. The van der Waals surface area contributed by atoms with Crippen LogP contribution >= 0.6 is 11.6 Å². The number of amides is 2. The quantitative estimate of drug-likeness (QED) is 0.354. The molecule has 3 rings (SSSR count). The van der Waals surface area contributed by atoms with Crippen LogP contribution in [-0.4, -0.2) is 18.0 Å². The van der Waals surface area contributed by atoms with Gasteiger partial charge < -0.3 is 10.1 Å². The van der Waals surface area contributed by atoms with Gasteiger partial charge in [0.25, 0.3) is 0 Å². The molecule has 0 aliphatic rings. The fraction of sp³-hybridized carbons (Fsp3) is 0.0455. The number of rotatable bonds is 6. The van der Waals surface area contributed by atoms with Crippen molar-refractivity contribution in [2.45, 2.75) is 6.61 Å². The maximum absolute atomic E-state index is 13.6. The van der Waals surface area contributed by atoms with Crippen LogP contribution in [0.3, 0.4) is 0 Å². The molecule has 8 heteroatoms. The Morgan fingerprint density at radius 3 is 2.40 bits per heavy atom.